The summed E-state index contributed by atoms with van der Waals surface area (Å²) in [5.74, 6) is -0.534. The maximum atomic E-state index is 13.2. The van der Waals surface area contributed by atoms with Crippen LogP contribution in [0.4, 0.5) is 18.9 Å². The van der Waals surface area contributed by atoms with Crippen molar-refractivity contribution < 1.29 is 31.1 Å². The van der Waals surface area contributed by atoms with Crippen LogP contribution in [0.25, 0.3) is 5.57 Å². The Morgan fingerprint density at radius 3 is 2.29 bits per heavy atom. The van der Waals surface area contributed by atoms with Gasteiger partial charge in [-0.2, -0.15) is 0 Å². The van der Waals surface area contributed by atoms with E-state index in [0.29, 0.717) is 16.8 Å². The van der Waals surface area contributed by atoms with Gasteiger partial charge in [-0.3, -0.25) is 14.3 Å². The number of carbonyl (C=O) groups excluding carboxylic acids is 1. The lowest BCUT2D eigenvalue weighted by Gasteiger charge is -2.35. The van der Waals surface area contributed by atoms with E-state index in [1.54, 1.807) is 42.5 Å². The highest BCUT2D eigenvalue weighted by Gasteiger charge is 2.48. The van der Waals surface area contributed by atoms with Gasteiger partial charge in [-0.25, -0.2) is 8.42 Å². The van der Waals surface area contributed by atoms with Crippen LogP contribution in [0.3, 0.4) is 0 Å². The zero-order chi connectivity index (χ0) is 25.1. The van der Waals surface area contributed by atoms with Gasteiger partial charge in [0.05, 0.1) is 17.7 Å². The second-order valence-electron chi connectivity index (χ2n) is 7.51. The first-order valence-corrected chi connectivity index (χ1v) is 12.4. The molecule has 6 nitrogen and oxygen atoms in total. The molecule has 0 spiro atoms. The molecule has 1 amide bonds. The monoisotopic (exact) mass is 534 g/mol. The van der Waals surface area contributed by atoms with Gasteiger partial charge in [-0.1, -0.05) is 65.7 Å². The van der Waals surface area contributed by atoms with Crippen molar-refractivity contribution in [3.05, 3.63) is 82.5 Å². The van der Waals surface area contributed by atoms with Crippen molar-refractivity contribution >= 4 is 50.4 Å². The molecule has 1 unspecified atom stereocenters. The van der Waals surface area contributed by atoms with Crippen molar-refractivity contribution in [1.29, 1.82) is 0 Å². The molecule has 0 heterocycles. The minimum absolute atomic E-state index is 0.0456. The Kier molecular flexibility index (Phi) is 7.66. The number of alkyl halides is 4. The highest BCUT2D eigenvalue weighted by atomic mass is 35.5. The van der Waals surface area contributed by atoms with Crippen LogP contribution >= 0.6 is 23.2 Å². The molecule has 0 saturated heterocycles. The van der Waals surface area contributed by atoms with Gasteiger partial charge < -0.3 is 5.32 Å². The van der Waals surface area contributed by atoms with E-state index < -0.39 is 33.8 Å². The Bertz CT molecular complexity index is 1230. The van der Waals surface area contributed by atoms with Crippen molar-refractivity contribution in [2.45, 2.75) is 24.3 Å². The summed E-state index contributed by atoms with van der Waals surface area (Å²) in [6.45, 7) is 0. The molecule has 1 aliphatic rings. The Balaban J connectivity index is 1.80. The number of allylic oxidation sites excluding steroid dienone is 2. The Labute approximate surface area is 204 Å². The molecule has 0 bridgehead atoms. The third-order valence-electron chi connectivity index (χ3n) is 4.59. The zero-order valence-corrected chi connectivity index (χ0v) is 19.9. The first-order chi connectivity index (χ1) is 15.7. The second-order valence-corrected chi connectivity index (χ2v) is 10.3. The van der Waals surface area contributed by atoms with Gasteiger partial charge in [-0.05, 0) is 29.3 Å². The fourth-order valence-electron chi connectivity index (χ4n) is 3.41. The predicted octanol–water partition coefficient (Wildman–Crippen LogP) is 5.13. The molecule has 2 aromatic carbocycles. The fourth-order valence-corrected chi connectivity index (χ4v) is 4.86. The van der Waals surface area contributed by atoms with Crippen molar-refractivity contribution in [3.63, 3.8) is 0 Å². The van der Waals surface area contributed by atoms with Crippen molar-refractivity contribution in [1.82, 2.24) is 5.32 Å². The van der Waals surface area contributed by atoms with E-state index in [-0.39, 0.29) is 22.7 Å². The number of anilines is 1. The van der Waals surface area contributed by atoms with Gasteiger partial charge in [0.25, 0.3) is 0 Å². The van der Waals surface area contributed by atoms with E-state index in [1.165, 1.54) is 18.2 Å². The Hall–Kier alpha value is -2.53. The van der Waals surface area contributed by atoms with E-state index in [0.717, 1.165) is 6.26 Å². The van der Waals surface area contributed by atoms with Crippen LogP contribution in [0.15, 0.2) is 71.4 Å². The summed E-state index contributed by atoms with van der Waals surface area (Å²) in [5.41, 5.74) is 1.19. The van der Waals surface area contributed by atoms with Crippen LogP contribution in [-0.4, -0.2) is 32.0 Å². The lowest BCUT2D eigenvalue weighted by Crippen LogP contribution is -2.39. The normalized spacial score (nSPS) is 18.9. The SMILES string of the molecule is CS(=O)(=O)Nc1ccc(CC(=O)NC2=CC(Cl)=C(c3ccccc3)C(Cl)(OC(F)(F)F)C2)cc1. The molecule has 12 heteroatoms. The Morgan fingerprint density at radius 2 is 1.74 bits per heavy atom. The van der Waals surface area contributed by atoms with E-state index in [9.17, 15) is 26.4 Å². The van der Waals surface area contributed by atoms with Gasteiger partial charge in [-0.15, -0.1) is 13.2 Å². The van der Waals surface area contributed by atoms with Crippen LogP contribution in [0.2, 0.25) is 0 Å². The zero-order valence-electron chi connectivity index (χ0n) is 17.6. The quantitative estimate of drug-likeness (QED) is 0.482. The topological polar surface area (TPSA) is 84.5 Å². The number of hydrogen-bond donors (Lipinski definition) is 2. The van der Waals surface area contributed by atoms with Crippen LogP contribution in [-0.2, 0) is 26.0 Å². The van der Waals surface area contributed by atoms with Crippen molar-refractivity contribution in [3.8, 4) is 0 Å². The number of ether oxygens (including phenoxy) is 1. The Morgan fingerprint density at radius 1 is 1.12 bits per heavy atom. The molecule has 1 atom stereocenters. The molecular formula is C22H19Cl2F3N2O4S. The second kappa shape index (κ2) is 9.99. The lowest BCUT2D eigenvalue weighted by molar-refractivity contribution is -0.342. The average molecular weight is 535 g/mol. The highest BCUT2D eigenvalue weighted by molar-refractivity contribution is 7.92. The molecule has 34 heavy (non-hydrogen) atoms. The van der Waals surface area contributed by atoms with Gasteiger partial charge in [0, 0.05) is 23.4 Å². The fraction of sp³-hybridized carbons (Fsp3) is 0.227. The van der Waals surface area contributed by atoms with E-state index >= 15 is 0 Å². The summed E-state index contributed by atoms with van der Waals surface area (Å²) in [6, 6.07) is 14.1. The number of nitrogens with one attached hydrogen (secondary N) is 2. The van der Waals surface area contributed by atoms with Gasteiger partial charge in [0.2, 0.25) is 15.9 Å². The lowest BCUT2D eigenvalue weighted by atomic mass is 9.92. The van der Waals surface area contributed by atoms with E-state index in [4.69, 9.17) is 23.2 Å². The number of rotatable bonds is 7. The number of carbonyl (C=O) groups is 1. The maximum absolute atomic E-state index is 13.2. The third kappa shape index (κ3) is 7.23. The van der Waals surface area contributed by atoms with Gasteiger partial charge in [0.15, 0.2) is 5.06 Å². The molecule has 0 radical (unpaired) electrons. The number of halogens is 5. The molecule has 2 aromatic rings. The summed E-state index contributed by atoms with van der Waals surface area (Å²) in [4.78, 5) is 12.5. The number of benzene rings is 2. The summed E-state index contributed by atoms with van der Waals surface area (Å²) in [6.07, 6.45) is -3.35. The minimum Gasteiger partial charge on any atom is -0.329 e. The summed E-state index contributed by atoms with van der Waals surface area (Å²) in [5, 5.41) is 0.0199. The first kappa shape index (κ1) is 26.1. The number of amides is 1. The highest BCUT2D eigenvalue weighted by Crippen LogP contribution is 2.48. The standard InChI is InChI=1S/C22H19Cl2F3N2O4S/c1-34(31,32)29-16-9-7-14(8-10-16)11-19(30)28-17-12-18(23)20(15-5-3-2-4-6-15)21(24,13-17)33-22(25,26)27/h2-10,12,29H,11,13H2,1H3,(H,28,30). The smallest absolute Gasteiger partial charge is 0.329 e. The summed E-state index contributed by atoms with van der Waals surface area (Å²) >= 11 is 12.6. The predicted molar refractivity (Wildman–Crippen MR) is 124 cm³/mol. The largest absolute Gasteiger partial charge is 0.524 e. The number of sulfonamides is 1. The third-order valence-corrected chi connectivity index (χ3v) is 5.90. The van der Waals surface area contributed by atoms with Gasteiger partial charge >= 0.3 is 6.36 Å². The van der Waals surface area contributed by atoms with Crippen LogP contribution in [0, 0.1) is 0 Å². The van der Waals surface area contributed by atoms with E-state index in [2.05, 4.69) is 14.8 Å². The molecule has 182 valence electrons. The first-order valence-electron chi connectivity index (χ1n) is 9.73. The van der Waals surface area contributed by atoms with Crippen LogP contribution < -0.4 is 10.0 Å². The molecule has 0 aliphatic heterocycles. The molecule has 2 N–H and O–H groups in total. The molecule has 0 saturated carbocycles. The molecule has 0 aromatic heterocycles. The average Bonchev–Trinajstić information content (AvgIpc) is 2.67. The van der Waals surface area contributed by atoms with Crippen molar-refractivity contribution in [2.75, 3.05) is 11.0 Å². The van der Waals surface area contributed by atoms with Gasteiger partial charge in [0.1, 0.15) is 0 Å². The van der Waals surface area contributed by atoms with Crippen molar-refractivity contribution in [2.24, 2.45) is 0 Å². The minimum atomic E-state index is -5.06. The van der Waals surface area contributed by atoms with Crippen LogP contribution in [0.1, 0.15) is 17.5 Å². The van der Waals surface area contributed by atoms with E-state index in [1.807, 2.05) is 0 Å². The molecule has 0 fully saturated rings. The maximum Gasteiger partial charge on any atom is 0.524 e. The summed E-state index contributed by atoms with van der Waals surface area (Å²) in [7, 11) is -3.44. The molecule has 3 rings (SSSR count). The molecular weight excluding hydrogens is 516 g/mol. The van der Waals surface area contributed by atoms with Crippen LogP contribution in [0.5, 0.6) is 0 Å². The molecule has 1 aliphatic carbocycles. The number of hydrogen-bond acceptors (Lipinski definition) is 4. The summed E-state index contributed by atoms with van der Waals surface area (Å²) < 4.78 is 68.7.